The molecule has 0 fully saturated rings. The minimum Gasteiger partial charge on any atom is -0.439 e. The SMILES string of the molecule is CS(=O)(=O)c1ccc(NC(=O)c2cccc(Oc3ccccn3)c2)cc1. The summed E-state index contributed by atoms with van der Waals surface area (Å²) in [6, 6.07) is 18.0. The molecule has 0 aliphatic rings. The van der Waals surface area contributed by atoms with E-state index in [4.69, 9.17) is 4.74 Å². The molecular formula is C19H16N2O4S. The minimum atomic E-state index is -3.27. The van der Waals surface area contributed by atoms with Gasteiger partial charge in [-0.3, -0.25) is 4.79 Å². The lowest BCUT2D eigenvalue weighted by molar-refractivity contribution is 0.102. The van der Waals surface area contributed by atoms with Crippen molar-refractivity contribution in [2.75, 3.05) is 11.6 Å². The van der Waals surface area contributed by atoms with E-state index in [1.54, 1.807) is 60.8 Å². The van der Waals surface area contributed by atoms with Crippen molar-refractivity contribution in [3.8, 4) is 11.6 Å². The first kappa shape index (κ1) is 17.6. The number of amides is 1. The second-order valence-electron chi connectivity index (χ2n) is 5.55. The van der Waals surface area contributed by atoms with E-state index in [1.165, 1.54) is 12.1 Å². The van der Waals surface area contributed by atoms with Gasteiger partial charge in [0.15, 0.2) is 9.84 Å². The number of anilines is 1. The number of aromatic nitrogens is 1. The number of hydrogen-bond acceptors (Lipinski definition) is 5. The maximum Gasteiger partial charge on any atom is 0.255 e. The van der Waals surface area contributed by atoms with Gasteiger partial charge in [-0.25, -0.2) is 13.4 Å². The number of sulfone groups is 1. The van der Waals surface area contributed by atoms with Crippen molar-refractivity contribution in [2.24, 2.45) is 0 Å². The Bertz CT molecular complexity index is 1020. The third-order valence-corrected chi connectivity index (χ3v) is 4.63. The smallest absolute Gasteiger partial charge is 0.255 e. The molecule has 1 aromatic heterocycles. The normalized spacial score (nSPS) is 11.0. The monoisotopic (exact) mass is 368 g/mol. The van der Waals surface area contributed by atoms with E-state index in [0.29, 0.717) is 22.9 Å². The second-order valence-corrected chi connectivity index (χ2v) is 7.56. The molecule has 2 aromatic carbocycles. The molecule has 1 heterocycles. The number of rotatable bonds is 5. The summed E-state index contributed by atoms with van der Waals surface area (Å²) in [5.74, 6) is 0.591. The predicted molar refractivity (Wildman–Crippen MR) is 98.3 cm³/mol. The number of pyridine rings is 1. The van der Waals surface area contributed by atoms with Crippen molar-refractivity contribution < 1.29 is 17.9 Å². The molecule has 0 unspecified atom stereocenters. The first-order valence-electron chi connectivity index (χ1n) is 7.72. The maximum atomic E-state index is 12.4. The Kier molecular flexibility index (Phi) is 4.99. The van der Waals surface area contributed by atoms with Crippen LogP contribution in [0.4, 0.5) is 5.69 Å². The van der Waals surface area contributed by atoms with Gasteiger partial charge in [0.25, 0.3) is 5.91 Å². The van der Waals surface area contributed by atoms with Crippen LogP contribution in [0.2, 0.25) is 0 Å². The van der Waals surface area contributed by atoms with Crippen LogP contribution in [0.25, 0.3) is 0 Å². The second kappa shape index (κ2) is 7.37. The number of nitrogens with zero attached hydrogens (tertiary/aromatic N) is 1. The van der Waals surface area contributed by atoms with Crippen molar-refractivity contribution in [2.45, 2.75) is 4.90 Å². The van der Waals surface area contributed by atoms with E-state index < -0.39 is 9.84 Å². The molecule has 1 N–H and O–H groups in total. The van der Waals surface area contributed by atoms with E-state index in [-0.39, 0.29) is 10.8 Å². The quantitative estimate of drug-likeness (QED) is 0.745. The summed E-state index contributed by atoms with van der Waals surface area (Å²) < 4.78 is 28.6. The fraction of sp³-hybridized carbons (Fsp3) is 0.0526. The third-order valence-electron chi connectivity index (χ3n) is 3.50. The van der Waals surface area contributed by atoms with Crippen LogP contribution < -0.4 is 10.1 Å². The fourth-order valence-electron chi connectivity index (χ4n) is 2.22. The summed E-state index contributed by atoms with van der Waals surface area (Å²) in [5.41, 5.74) is 0.907. The molecule has 0 saturated carbocycles. The van der Waals surface area contributed by atoms with E-state index in [0.717, 1.165) is 6.26 Å². The van der Waals surface area contributed by atoms with Gasteiger partial charge in [-0.15, -0.1) is 0 Å². The van der Waals surface area contributed by atoms with E-state index in [9.17, 15) is 13.2 Å². The number of hydrogen-bond donors (Lipinski definition) is 1. The molecule has 3 aromatic rings. The van der Waals surface area contributed by atoms with Gasteiger partial charge in [-0.05, 0) is 48.5 Å². The molecule has 3 rings (SSSR count). The highest BCUT2D eigenvalue weighted by molar-refractivity contribution is 7.90. The molecule has 0 aliphatic carbocycles. The Morgan fingerprint density at radius 2 is 1.77 bits per heavy atom. The summed E-state index contributed by atoms with van der Waals surface area (Å²) in [6.07, 6.45) is 2.75. The topological polar surface area (TPSA) is 85.4 Å². The summed E-state index contributed by atoms with van der Waals surface area (Å²) in [4.78, 5) is 16.7. The third kappa shape index (κ3) is 4.46. The molecular weight excluding hydrogens is 352 g/mol. The van der Waals surface area contributed by atoms with Gasteiger partial charge >= 0.3 is 0 Å². The highest BCUT2D eigenvalue weighted by Crippen LogP contribution is 2.21. The van der Waals surface area contributed by atoms with Crippen LogP contribution in [0.15, 0.2) is 77.8 Å². The van der Waals surface area contributed by atoms with Crippen molar-refractivity contribution >= 4 is 21.4 Å². The average Bonchev–Trinajstić information content (AvgIpc) is 2.62. The zero-order chi connectivity index (χ0) is 18.6. The Labute approximate surface area is 151 Å². The van der Waals surface area contributed by atoms with Crippen LogP contribution in [0.5, 0.6) is 11.6 Å². The molecule has 26 heavy (non-hydrogen) atoms. The first-order valence-corrected chi connectivity index (χ1v) is 9.61. The molecule has 7 heteroatoms. The highest BCUT2D eigenvalue weighted by atomic mass is 32.2. The Morgan fingerprint density at radius 3 is 2.42 bits per heavy atom. The van der Waals surface area contributed by atoms with Crippen LogP contribution in [0, 0.1) is 0 Å². The molecule has 0 bridgehead atoms. The Balaban J connectivity index is 1.73. The number of nitrogens with one attached hydrogen (secondary N) is 1. The molecule has 1 amide bonds. The van der Waals surface area contributed by atoms with Crippen LogP contribution in [0.1, 0.15) is 10.4 Å². The molecule has 132 valence electrons. The summed E-state index contributed by atoms with van der Waals surface area (Å²) in [6.45, 7) is 0. The van der Waals surface area contributed by atoms with Crippen LogP contribution in [-0.4, -0.2) is 25.6 Å². The van der Waals surface area contributed by atoms with Crippen molar-refractivity contribution in [3.63, 3.8) is 0 Å². The van der Waals surface area contributed by atoms with Gasteiger partial charge in [-0.2, -0.15) is 0 Å². The van der Waals surface area contributed by atoms with Crippen LogP contribution >= 0.6 is 0 Å². The van der Waals surface area contributed by atoms with Crippen LogP contribution in [-0.2, 0) is 9.84 Å². The van der Waals surface area contributed by atoms with Gasteiger partial charge in [0.2, 0.25) is 5.88 Å². The van der Waals surface area contributed by atoms with Crippen molar-refractivity contribution in [3.05, 3.63) is 78.5 Å². The summed E-state index contributed by atoms with van der Waals surface area (Å²) >= 11 is 0. The molecule has 0 saturated heterocycles. The lowest BCUT2D eigenvalue weighted by Crippen LogP contribution is -2.12. The Morgan fingerprint density at radius 1 is 1.00 bits per heavy atom. The molecule has 0 spiro atoms. The van der Waals surface area contributed by atoms with E-state index in [2.05, 4.69) is 10.3 Å². The van der Waals surface area contributed by atoms with Crippen molar-refractivity contribution in [1.82, 2.24) is 4.98 Å². The molecule has 0 radical (unpaired) electrons. The van der Waals surface area contributed by atoms with Gasteiger partial charge < -0.3 is 10.1 Å². The minimum absolute atomic E-state index is 0.196. The van der Waals surface area contributed by atoms with Gasteiger partial charge in [0.05, 0.1) is 4.90 Å². The highest BCUT2D eigenvalue weighted by Gasteiger charge is 2.10. The molecule has 0 atom stereocenters. The number of ether oxygens (including phenoxy) is 1. The Hall–Kier alpha value is -3.19. The molecule has 0 aliphatic heterocycles. The molecule has 6 nitrogen and oxygen atoms in total. The fourth-order valence-corrected chi connectivity index (χ4v) is 2.85. The number of benzene rings is 2. The zero-order valence-electron chi connectivity index (χ0n) is 13.9. The summed E-state index contributed by atoms with van der Waals surface area (Å²) in [5, 5.41) is 2.72. The number of carbonyl (C=O) groups is 1. The number of carbonyl (C=O) groups excluding carboxylic acids is 1. The lowest BCUT2D eigenvalue weighted by Gasteiger charge is -2.08. The van der Waals surface area contributed by atoms with Gasteiger partial charge in [0, 0.05) is 29.8 Å². The van der Waals surface area contributed by atoms with Gasteiger partial charge in [-0.1, -0.05) is 12.1 Å². The first-order chi connectivity index (χ1) is 12.4. The maximum absolute atomic E-state index is 12.4. The van der Waals surface area contributed by atoms with E-state index in [1.807, 2.05) is 0 Å². The van der Waals surface area contributed by atoms with Crippen molar-refractivity contribution in [1.29, 1.82) is 0 Å². The van der Waals surface area contributed by atoms with Gasteiger partial charge in [0.1, 0.15) is 5.75 Å². The van der Waals surface area contributed by atoms with E-state index >= 15 is 0 Å². The standard InChI is InChI=1S/C19H16N2O4S/c1-26(23,24)17-10-8-15(9-11-17)21-19(22)14-5-4-6-16(13-14)25-18-7-2-3-12-20-18/h2-13H,1H3,(H,21,22). The predicted octanol–water partition coefficient (Wildman–Crippen LogP) is 3.53. The zero-order valence-corrected chi connectivity index (χ0v) is 14.7. The van der Waals surface area contributed by atoms with Crippen LogP contribution in [0.3, 0.4) is 0 Å². The lowest BCUT2D eigenvalue weighted by atomic mass is 10.2. The largest absolute Gasteiger partial charge is 0.439 e. The summed E-state index contributed by atoms with van der Waals surface area (Å²) in [7, 11) is -3.27. The average molecular weight is 368 g/mol.